The van der Waals surface area contributed by atoms with E-state index in [0.717, 1.165) is 18.2 Å². The molecule has 12 heteroatoms. The topological polar surface area (TPSA) is 170 Å². The third-order valence-corrected chi connectivity index (χ3v) is 8.82. The molecule has 0 bridgehead atoms. The molecule has 0 aliphatic heterocycles. The van der Waals surface area contributed by atoms with E-state index in [1.54, 1.807) is 19.0 Å². The summed E-state index contributed by atoms with van der Waals surface area (Å²) >= 11 is 0. The lowest BCUT2D eigenvalue weighted by Crippen LogP contribution is -2.62. The first-order valence-electron chi connectivity index (χ1n) is 13.2. The van der Waals surface area contributed by atoms with Gasteiger partial charge in [0, 0.05) is 17.7 Å². The average molecular weight is 586 g/mol. The minimum Gasteiger partial charge on any atom is -0.510 e. The number of rotatable bonds is 5. The van der Waals surface area contributed by atoms with Gasteiger partial charge in [0.15, 0.2) is 23.2 Å². The molecule has 0 radical (unpaired) electrons. The summed E-state index contributed by atoms with van der Waals surface area (Å²) < 4.78 is 42.3. The van der Waals surface area contributed by atoms with Crippen LogP contribution in [0.15, 0.2) is 47.8 Å². The van der Waals surface area contributed by atoms with Gasteiger partial charge in [-0.25, -0.2) is 13.2 Å². The lowest BCUT2D eigenvalue weighted by atomic mass is 9.55. The van der Waals surface area contributed by atoms with Crippen molar-refractivity contribution in [2.75, 3.05) is 14.1 Å². The number of halogens is 3. The number of allylic oxidation sites excluding steroid dienone is 1. The van der Waals surface area contributed by atoms with Crippen molar-refractivity contribution in [2.45, 2.75) is 31.0 Å². The summed E-state index contributed by atoms with van der Waals surface area (Å²) in [6.07, 6.45) is 1.03. The molecule has 0 spiro atoms. The van der Waals surface area contributed by atoms with Crippen molar-refractivity contribution in [3.63, 3.8) is 0 Å². The van der Waals surface area contributed by atoms with Crippen LogP contribution in [0.25, 0.3) is 16.9 Å². The lowest BCUT2D eigenvalue weighted by molar-refractivity contribution is -0.136. The molecule has 5 atom stereocenters. The highest BCUT2D eigenvalue weighted by atomic mass is 19.2. The molecule has 9 nitrogen and oxygen atoms in total. The van der Waals surface area contributed by atoms with Gasteiger partial charge in [0.05, 0.1) is 23.1 Å². The maximum atomic E-state index is 14.3. The number of nitrogens with zero attached hydrogens (tertiary/aromatic N) is 1. The van der Waals surface area contributed by atoms with Crippen LogP contribution < -0.4 is 11.5 Å². The van der Waals surface area contributed by atoms with Crippen LogP contribution in [-0.4, -0.2) is 62.8 Å². The second-order valence-corrected chi connectivity index (χ2v) is 11.2. The average Bonchev–Trinajstić information content (AvgIpc) is 2.90. The summed E-state index contributed by atoms with van der Waals surface area (Å²) in [5.74, 6) is -11.0. The van der Waals surface area contributed by atoms with Gasteiger partial charge in [-0.1, -0.05) is 12.7 Å². The number of carbonyl (C=O) groups excluding carboxylic acids is 2. The Balaban J connectivity index is 1.78. The van der Waals surface area contributed by atoms with Gasteiger partial charge < -0.3 is 31.9 Å². The molecule has 0 heterocycles. The van der Waals surface area contributed by atoms with E-state index in [0.29, 0.717) is 0 Å². The molecule has 3 aliphatic carbocycles. The van der Waals surface area contributed by atoms with E-state index in [1.165, 1.54) is 6.07 Å². The second kappa shape index (κ2) is 10.0. The van der Waals surface area contributed by atoms with E-state index in [2.05, 4.69) is 6.58 Å². The minimum atomic E-state index is -2.38. The summed E-state index contributed by atoms with van der Waals surface area (Å²) in [6, 6.07) is 2.02. The van der Waals surface area contributed by atoms with Crippen molar-refractivity contribution >= 4 is 17.4 Å². The Hall–Kier alpha value is -4.13. The first-order chi connectivity index (χ1) is 19.7. The maximum absolute atomic E-state index is 14.3. The largest absolute Gasteiger partial charge is 0.510 e. The molecular weight excluding hydrogens is 555 g/mol. The van der Waals surface area contributed by atoms with Gasteiger partial charge in [-0.3, -0.25) is 14.5 Å². The molecule has 0 aromatic heterocycles. The molecule has 2 aromatic rings. The third-order valence-electron chi connectivity index (χ3n) is 8.82. The fourth-order valence-corrected chi connectivity index (χ4v) is 7.11. The van der Waals surface area contributed by atoms with Crippen LogP contribution in [0.4, 0.5) is 13.2 Å². The summed E-state index contributed by atoms with van der Waals surface area (Å²) in [5, 5.41) is 45.5. The van der Waals surface area contributed by atoms with Crippen molar-refractivity contribution in [3.05, 3.63) is 81.9 Å². The molecule has 1 amide bonds. The number of hydrogen-bond acceptors (Lipinski definition) is 8. The summed E-state index contributed by atoms with van der Waals surface area (Å²) in [4.78, 5) is 28.2. The third kappa shape index (κ3) is 3.97. The highest BCUT2D eigenvalue weighted by molar-refractivity contribution is 6.09. The zero-order chi connectivity index (χ0) is 31.0. The van der Waals surface area contributed by atoms with E-state index in [4.69, 9.17) is 11.5 Å². The van der Waals surface area contributed by atoms with Gasteiger partial charge in [0.25, 0.3) is 5.91 Å². The SMILES string of the molecule is C=C[C@]1(O)C(C(N)=O)=C(O)[C@@H](N(C)C)C2CC3Cc4c(-c5cc(F)c(F)c(F)c5)cc(CN)c(O)c4C(O)=C3C(=O)C21. The zero-order valence-corrected chi connectivity index (χ0v) is 22.8. The van der Waals surface area contributed by atoms with Crippen LogP contribution in [0, 0.1) is 35.2 Å². The number of phenolic OH excluding ortho intramolecular Hbond substituents is 1. The molecule has 8 N–H and O–H groups in total. The van der Waals surface area contributed by atoms with Crippen molar-refractivity contribution in [1.82, 2.24) is 4.90 Å². The second-order valence-electron chi connectivity index (χ2n) is 11.2. The molecule has 0 saturated heterocycles. The molecule has 5 rings (SSSR count). The van der Waals surface area contributed by atoms with E-state index in [9.17, 15) is 43.2 Å². The van der Waals surface area contributed by atoms with Crippen LogP contribution >= 0.6 is 0 Å². The number of likely N-dealkylation sites (N-methyl/N-ethyl adjacent to an activating group) is 1. The Bertz CT molecular complexity index is 1610. The van der Waals surface area contributed by atoms with Crippen LogP contribution in [0.3, 0.4) is 0 Å². The molecule has 1 fully saturated rings. The Morgan fingerprint density at radius 1 is 1.17 bits per heavy atom. The predicted octanol–water partition coefficient (Wildman–Crippen LogP) is 2.74. The van der Waals surface area contributed by atoms with E-state index in [-0.39, 0.29) is 52.8 Å². The van der Waals surface area contributed by atoms with Crippen LogP contribution in [0.2, 0.25) is 0 Å². The number of carbonyl (C=O) groups is 2. The number of Topliss-reactive ketones (excluding diaryl/α,β-unsaturated/α-hetero) is 1. The first kappa shape index (κ1) is 29.4. The minimum absolute atomic E-state index is 0.0160. The van der Waals surface area contributed by atoms with Gasteiger partial charge in [-0.2, -0.15) is 0 Å². The first-order valence-corrected chi connectivity index (χ1v) is 13.2. The number of phenols is 1. The molecular formula is C30H30F3N3O6. The lowest BCUT2D eigenvalue weighted by Gasteiger charge is -2.52. The molecule has 2 aromatic carbocycles. The number of hydrogen-bond donors (Lipinski definition) is 6. The highest BCUT2D eigenvalue weighted by Crippen LogP contribution is 2.55. The Morgan fingerprint density at radius 2 is 1.79 bits per heavy atom. The van der Waals surface area contributed by atoms with Crippen LogP contribution in [0.1, 0.15) is 23.1 Å². The summed E-state index contributed by atoms with van der Waals surface area (Å²) in [5.41, 5.74) is 8.45. The molecule has 222 valence electrons. The summed E-state index contributed by atoms with van der Waals surface area (Å²) in [7, 11) is 3.22. The van der Waals surface area contributed by atoms with E-state index < -0.39 is 81.4 Å². The van der Waals surface area contributed by atoms with Crippen molar-refractivity contribution in [3.8, 4) is 16.9 Å². The van der Waals surface area contributed by atoms with Crippen molar-refractivity contribution < 1.29 is 43.2 Å². The quantitative estimate of drug-likeness (QED) is 0.230. The standard InChI is InChI=1S/C30H30F3N3O6/c1-4-30(42)21-16(24(36(2)3)28(40)22(30)29(35)41)6-12-5-15-14(11-8-17(31)23(33)18(32)9-11)7-13(10-34)25(37)20(15)26(38)19(12)27(21)39/h4,7-9,12,16,21,24,37-38,40,42H,1,5-6,10,34H2,2-3H3,(H2,35,41)/t12?,16?,21?,24-,30+/m0/s1. The van der Waals surface area contributed by atoms with Crippen LogP contribution in [-0.2, 0) is 22.6 Å². The fraction of sp³-hybridized carbons (Fsp3) is 0.333. The van der Waals surface area contributed by atoms with Gasteiger partial charge in [-0.05, 0) is 73.7 Å². The molecule has 1 saturated carbocycles. The number of aromatic hydroxyl groups is 1. The number of primary amides is 1. The number of ketones is 1. The fourth-order valence-electron chi connectivity index (χ4n) is 7.11. The van der Waals surface area contributed by atoms with Gasteiger partial charge >= 0.3 is 0 Å². The molecule has 3 unspecified atom stereocenters. The molecule has 3 aliphatic rings. The number of amides is 1. The Kier molecular flexibility index (Phi) is 6.99. The van der Waals surface area contributed by atoms with E-state index >= 15 is 0 Å². The summed E-state index contributed by atoms with van der Waals surface area (Å²) in [6.45, 7) is 3.34. The van der Waals surface area contributed by atoms with Crippen molar-refractivity contribution in [2.24, 2.45) is 29.2 Å². The number of benzene rings is 2. The number of aliphatic hydroxyl groups is 3. The van der Waals surface area contributed by atoms with Gasteiger partial charge in [0.2, 0.25) is 0 Å². The zero-order valence-electron chi connectivity index (χ0n) is 22.8. The maximum Gasteiger partial charge on any atom is 0.251 e. The van der Waals surface area contributed by atoms with Crippen LogP contribution in [0.5, 0.6) is 5.75 Å². The Labute approximate surface area is 238 Å². The smallest absolute Gasteiger partial charge is 0.251 e. The normalized spacial score (nSPS) is 27.1. The predicted molar refractivity (Wildman–Crippen MR) is 146 cm³/mol. The monoisotopic (exact) mass is 585 g/mol. The number of aliphatic hydroxyl groups excluding tert-OH is 2. The number of nitrogens with two attached hydrogens (primary N) is 2. The molecule has 42 heavy (non-hydrogen) atoms. The number of fused-ring (bicyclic) bond motifs is 3. The van der Waals surface area contributed by atoms with Gasteiger partial charge in [-0.15, -0.1) is 0 Å². The van der Waals surface area contributed by atoms with Crippen molar-refractivity contribution in [1.29, 1.82) is 0 Å². The van der Waals surface area contributed by atoms with E-state index in [1.807, 2.05) is 0 Å². The van der Waals surface area contributed by atoms with Gasteiger partial charge in [0.1, 0.15) is 22.9 Å². The Morgan fingerprint density at radius 3 is 2.31 bits per heavy atom. The highest BCUT2D eigenvalue weighted by Gasteiger charge is 2.61.